The Labute approximate surface area is 194 Å². The summed E-state index contributed by atoms with van der Waals surface area (Å²) in [5.74, 6) is -0.586. The van der Waals surface area contributed by atoms with Gasteiger partial charge < -0.3 is 14.7 Å². The Morgan fingerprint density at radius 3 is 1.39 bits per heavy atom. The first-order chi connectivity index (χ1) is 14.7. The summed E-state index contributed by atoms with van der Waals surface area (Å²) in [5, 5.41) is 0. The number of carbonyl (C=O) groups is 2. The van der Waals surface area contributed by atoms with Gasteiger partial charge in [0.05, 0.1) is 18.7 Å². The smallest absolute Gasteiger partial charge is 0.187 e. The third-order valence-corrected chi connectivity index (χ3v) is 5.58. The molecule has 0 atom stereocenters. The highest BCUT2D eigenvalue weighted by atomic mass is 32.1. The van der Waals surface area contributed by atoms with E-state index in [-0.39, 0.29) is 30.2 Å². The van der Waals surface area contributed by atoms with E-state index in [1.807, 2.05) is 60.7 Å². The van der Waals surface area contributed by atoms with Gasteiger partial charge in [-0.05, 0) is 0 Å². The molecule has 0 unspecified atom stereocenters. The molecule has 0 saturated carbocycles. The molecule has 162 valence electrons. The van der Waals surface area contributed by atoms with Crippen LogP contribution < -0.4 is 0 Å². The lowest BCUT2D eigenvalue weighted by Gasteiger charge is -2.22. The van der Waals surface area contributed by atoms with Crippen molar-refractivity contribution in [1.29, 1.82) is 0 Å². The lowest BCUT2D eigenvalue weighted by atomic mass is 10.1. The molecule has 0 aliphatic heterocycles. The van der Waals surface area contributed by atoms with Gasteiger partial charge in [0.1, 0.15) is 9.98 Å². The quantitative estimate of drug-likeness (QED) is 0.250. The number of likely N-dealkylation sites (N-methyl/N-ethyl adjacent to an activating group) is 2. The maximum absolute atomic E-state index is 13.0. The summed E-state index contributed by atoms with van der Waals surface area (Å²) in [4.78, 5) is 32.2. The average molecular weight is 454 g/mol. The molecule has 0 aliphatic rings. The van der Waals surface area contributed by atoms with Crippen molar-refractivity contribution in [3.63, 3.8) is 0 Å². The lowest BCUT2D eigenvalue weighted by molar-refractivity contribution is -0.121. The summed E-state index contributed by atoms with van der Waals surface area (Å²) in [7, 11) is 7.05. The minimum Gasteiger partial charge on any atom is -0.383 e. The van der Waals surface area contributed by atoms with E-state index < -0.39 is 0 Å². The van der Waals surface area contributed by atoms with Crippen LogP contribution in [-0.2, 0) is 9.59 Å². The van der Waals surface area contributed by atoms with E-state index in [4.69, 9.17) is 24.4 Å². The second-order valence-electron chi connectivity index (χ2n) is 7.41. The highest BCUT2D eigenvalue weighted by Crippen LogP contribution is 2.10. The summed E-state index contributed by atoms with van der Waals surface area (Å²) in [5.41, 5.74) is 1.82. The van der Waals surface area contributed by atoms with Crippen LogP contribution in [-0.4, -0.2) is 77.5 Å². The molecule has 2 aromatic carbocycles. The summed E-state index contributed by atoms with van der Waals surface area (Å²) in [6.07, 6.45) is 1.56. The van der Waals surface area contributed by atoms with Gasteiger partial charge in [-0.1, -0.05) is 85.1 Å². The zero-order valence-electron chi connectivity index (χ0n) is 18.2. The van der Waals surface area contributed by atoms with Crippen LogP contribution >= 0.6 is 24.4 Å². The summed E-state index contributed by atoms with van der Waals surface area (Å²) >= 11 is 11.0. The third-order valence-electron chi connectivity index (χ3n) is 4.48. The lowest BCUT2D eigenvalue weighted by Crippen LogP contribution is -2.37. The van der Waals surface area contributed by atoms with E-state index in [9.17, 15) is 9.59 Å². The van der Waals surface area contributed by atoms with Gasteiger partial charge in [-0.15, -0.1) is 0 Å². The normalized spacial score (nSPS) is 10.1. The molecule has 5 nitrogen and oxygen atoms in total. The number of nitrogens with zero attached hydrogens (tertiary/aromatic N) is 3. The van der Waals surface area contributed by atoms with Crippen molar-refractivity contribution in [1.82, 2.24) is 14.7 Å². The average Bonchev–Trinajstić information content (AvgIpc) is 2.77. The molecule has 0 amide bonds. The van der Waals surface area contributed by atoms with Gasteiger partial charge in [0.2, 0.25) is 0 Å². The Balaban J connectivity index is 2.11. The summed E-state index contributed by atoms with van der Waals surface area (Å²) in [6.45, 7) is 0.0119. The number of carbonyl (C=O) groups excluding carboxylic acids is 2. The number of hydrogen-bond donors (Lipinski definition) is 0. The second kappa shape index (κ2) is 11.5. The first-order valence-electron chi connectivity index (χ1n) is 9.76. The molecule has 7 heteroatoms. The van der Waals surface area contributed by atoms with Gasteiger partial charge in [-0.3, -0.25) is 9.59 Å². The van der Waals surface area contributed by atoms with E-state index in [0.29, 0.717) is 9.98 Å². The van der Waals surface area contributed by atoms with Crippen LogP contribution in [0.5, 0.6) is 0 Å². The predicted octanol–water partition coefficient (Wildman–Crippen LogP) is 3.19. The third kappa shape index (κ3) is 7.08. The Hall–Kier alpha value is -2.90. The molecule has 2 aromatic rings. The van der Waals surface area contributed by atoms with Crippen molar-refractivity contribution in [3.8, 4) is 0 Å². The number of hydrogen-bond acceptors (Lipinski definition) is 5. The summed E-state index contributed by atoms with van der Waals surface area (Å²) < 4.78 is 0. The van der Waals surface area contributed by atoms with Crippen LogP contribution in [0.3, 0.4) is 0 Å². The van der Waals surface area contributed by atoms with Gasteiger partial charge in [0.15, 0.2) is 11.6 Å². The fraction of sp³-hybridized carbons (Fsp3) is 0.250. The number of ketones is 2. The fourth-order valence-electron chi connectivity index (χ4n) is 2.90. The number of Topliss-reactive ketones (excluding diaryl/α,β-unsaturated/α-hetero) is 2. The molecule has 0 aromatic heterocycles. The molecular weight excluding hydrogens is 426 g/mol. The maximum Gasteiger partial charge on any atom is 0.187 e. The van der Waals surface area contributed by atoms with E-state index in [2.05, 4.69) is 0 Å². The minimum atomic E-state index is -0.293. The molecule has 0 radical (unpaired) electrons. The van der Waals surface area contributed by atoms with Crippen LogP contribution in [0.15, 0.2) is 72.4 Å². The van der Waals surface area contributed by atoms with E-state index in [1.54, 1.807) is 49.1 Å². The molecular formula is C24H27N3O2S2. The second-order valence-corrected chi connectivity index (χ2v) is 8.18. The van der Waals surface area contributed by atoms with E-state index in [1.165, 1.54) is 0 Å². The van der Waals surface area contributed by atoms with Crippen LogP contribution in [0.4, 0.5) is 0 Å². The number of thiocarbonyl (C=S) groups is 2. The summed E-state index contributed by atoms with van der Waals surface area (Å²) in [6, 6.07) is 19.0. The molecule has 0 N–H and O–H groups in total. The van der Waals surface area contributed by atoms with E-state index >= 15 is 0 Å². The van der Waals surface area contributed by atoms with Crippen molar-refractivity contribution in [2.45, 2.75) is 0 Å². The monoisotopic (exact) mass is 453 g/mol. The molecule has 0 spiro atoms. The van der Waals surface area contributed by atoms with Crippen molar-refractivity contribution in [2.24, 2.45) is 0 Å². The Morgan fingerprint density at radius 2 is 1.06 bits per heavy atom. The van der Waals surface area contributed by atoms with Gasteiger partial charge in [0, 0.05) is 45.5 Å². The molecule has 0 aliphatic carbocycles. The Morgan fingerprint density at radius 1 is 0.710 bits per heavy atom. The SMILES string of the molecule is CN(C)C=C(C(=O)CN(C)C(=S)c1ccccc1)C(=O)CN(C)C(=S)c1ccccc1. The molecule has 2 rings (SSSR count). The molecule has 31 heavy (non-hydrogen) atoms. The first-order valence-corrected chi connectivity index (χ1v) is 10.6. The van der Waals surface area contributed by atoms with Gasteiger partial charge in [-0.2, -0.15) is 0 Å². The first kappa shape index (κ1) is 24.4. The zero-order valence-corrected chi connectivity index (χ0v) is 19.9. The van der Waals surface area contributed by atoms with Crippen LogP contribution in [0.2, 0.25) is 0 Å². The van der Waals surface area contributed by atoms with Crippen molar-refractivity contribution in [2.75, 3.05) is 41.3 Å². The van der Waals surface area contributed by atoms with Crippen LogP contribution in [0, 0.1) is 0 Å². The minimum absolute atomic E-state index is 0.00594. The van der Waals surface area contributed by atoms with Gasteiger partial charge in [0.25, 0.3) is 0 Å². The number of rotatable bonds is 9. The number of benzene rings is 2. The van der Waals surface area contributed by atoms with Crippen LogP contribution in [0.25, 0.3) is 0 Å². The molecule has 0 fully saturated rings. The predicted molar refractivity (Wildman–Crippen MR) is 133 cm³/mol. The molecule has 0 saturated heterocycles. The highest BCUT2D eigenvalue weighted by Gasteiger charge is 2.23. The standard InChI is InChI=1S/C24H27N3O2S2/c1-25(2)15-20(21(28)16-26(3)23(30)18-11-7-5-8-12-18)22(29)17-27(4)24(31)19-13-9-6-10-14-19/h5-15H,16-17H2,1-4H3. The van der Waals surface area contributed by atoms with E-state index in [0.717, 1.165) is 11.1 Å². The highest BCUT2D eigenvalue weighted by molar-refractivity contribution is 7.80. The van der Waals surface area contributed by atoms with Gasteiger partial charge in [-0.25, -0.2) is 0 Å². The molecule has 0 heterocycles. The van der Waals surface area contributed by atoms with Crippen LogP contribution in [0.1, 0.15) is 11.1 Å². The Kier molecular flexibility index (Phi) is 9.03. The zero-order chi connectivity index (χ0) is 23.0. The van der Waals surface area contributed by atoms with Crippen molar-refractivity contribution in [3.05, 3.63) is 83.6 Å². The fourth-order valence-corrected chi connectivity index (χ4v) is 3.31. The topological polar surface area (TPSA) is 43.9 Å². The van der Waals surface area contributed by atoms with Gasteiger partial charge >= 0.3 is 0 Å². The van der Waals surface area contributed by atoms with Crippen molar-refractivity contribution < 1.29 is 9.59 Å². The Bertz CT molecular complexity index is 899. The largest absolute Gasteiger partial charge is 0.383 e. The maximum atomic E-state index is 13.0. The molecule has 0 bridgehead atoms. The van der Waals surface area contributed by atoms with Crippen molar-refractivity contribution >= 4 is 46.0 Å².